The van der Waals surface area contributed by atoms with Gasteiger partial charge in [0, 0.05) is 38.6 Å². The third-order valence-electron chi connectivity index (χ3n) is 6.02. The van der Waals surface area contributed by atoms with Crippen LogP contribution in [-0.4, -0.2) is 70.8 Å². The van der Waals surface area contributed by atoms with Crippen molar-refractivity contribution in [1.82, 2.24) is 14.8 Å². The molecule has 1 aromatic heterocycles. The van der Waals surface area contributed by atoms with E-state index in [0.29, 0.717) is 18.7 Å². The Bertz CT molecular complexity index is 821. The van der Waals surface area contributed by atoms with Gasteiger partial charge in [-0.25, -0.2) is 0 Å². The van der Waals surface area contributed by atoms with Crippen LogP contribution in [0.5, 0.6) is 0 Å². The number of nitrogens with zero attached hydrogens (tertiary/aromatic N) is 3. The van der Waals surface area contributed by atoms with E-state index in [-0.39, 0.29) is 24.2 Å². The minimum Gasteiger partial charge on any atom is -0.393 e. The van der Waals surface area contributed by atoms with E-state index in [1.54, 1.807) is 12.4 Å². The molecule has 3 heterocycles. The zero-order chi connectivity index (χ0) is 20.2. The highest BCUT2D eigenvalue weighted by Gasteiger charge is 2.38. The number of aromatic nitrogens is 1. The Balaban J connectivity index is 1.61. The van der Waals surface area contributed by atoms with E-state index in [2.05, 4.69) is 22.0 Å². The lowest BCUT2D eigenvalue weighted by Crippen LogP contribution is -2.53. The van der Waals surface area contributed by atoms with Crippen molar-refractivity contribution >= 4 is 5.91 Å². The number of amides is 1. The molecule has 0 aliphatic carbocycles. The van der Waals surface area contributed by atoms with E-state index in [0.717, 1.165) is 43.6 Å². The number of hydrogen-bond donors (Lipinski definition) is 1. The van der Waals surface area contributed by atoms with E-state index < -0.39 is 0 Å². The average Bonchev–Trinajstić information content (AvgIpc) is 2.76. The van der Waals surface area contributed by atoms with Crippen LogP contribution in [-0.2, 0) is 4.74 Å². The van der Waals surface area contributed by atoms with Crippen LogP contribution in [0.15, 0.2) is 48.8 Å². The van der Waals surface area contributed by atoms with Crippen molar-refractivity contribution in [3.05, 3.63) is 65.5 Å². The van der Waals surface area contributed by atoms with Crippen LogP contribution in [0.3, 0.4) is 0 Å². The minimum atomic E-state index is -0.199. The van der Waals surface area contributed by atoms with Gasteiger partial charge in [-0.2, -0.15) is 0 Å². The zero-order valence-corrected chi connectivity index (χ0v) is 16.9. The molecule has 2 fully saturated rings. The van der Waals surface area contributed by atoms with Gasteiger partial charge < -0.3 is 19.6 Å². The number of hydrogen-bond acceptors (Lipinski definition) is 5. The van der Waals surface area contributed by atoms with Crippen LogP contribution in [0, 0.1) is 6.92 Å². The Hall–Kier alpha value is -2.28. The smallest absolute Gasteiger partial charge is 0.256 e. The number of piperidine rings is 1. The summed E-state index contributed by atoms with van der Waals surface area (Å²) in [6.45, 7) is 5.50. The average molecular weight is 396 g/mol. The molecule has 2 aliphatic rings. The number of aliphatic hydroxyl groups excluding tert-OH is 1. The first-order valence-electron chi connectivity index (χ1n) is 10.4. The van der Waals surface area contributed by atoms with Gasteiger partial charge in [0.15, 0.2) is 0 Å². The quantitative estimate of drug-likeness (QED) is 0.861. The predicted molar refractivity (Wildman–Crippen MR) is 111 cm³/mol. The number of carbonyl (C=O) groups excluding carboxylic acids is 1. The van der Waals surface area contributed by atoms with Gasteiger partial charge >= 0.3 is 0 Å². The molecule has 6 nitrogen and oxygen atoms in total. The fraction of sp³-hybridized carbons (Fsp3) is 0.478. The lowest BCUT2D eigenvalue weighted by atomic mass is 9.95. The molecule has 0 bridgehead atoms. The summed E-state index contributed by atoms with van der Waals surface area (Å²) >= 11 is 0. The maximum absolute atomic E-state index is 13.5. The molecular weight excluding hydrogens is 366 g/mol. The number of aliphatic hydroxyl groups is 1. The van der Waals surface area contributed by atoms with E-state index in [9.17, 15) is 9.90 Å². The van der Waals surface area contributed by atoms with Gasteiger partial charge in [-0.3, -0.25) is 9.78 Å². The molecule has 4 rings (SSSR count). The second-order valence-corrected chi connectivity index (χ2v) is 7.99. The van der Waals surface area contributed by atoms with Gasteiger partial charge in [-0.15, -0.1) is 0 Å². The first kappa shape index (κ1) is 20.0. The second-order valence-electron chi connectivity index (χ2n) is 7.99. The summed E-state index contributed by atoms with van der Waals surface area (Å²) in [5.74, 6) is 0.00631. The molecule has 2 aliphatic heterocycles. The number of aryl methyl sites for hydroxylation is 1. The maximum atomic E-state index is 13.5. The third-order valence-corrected chi connectivity index (χ3v) is 6.02. The fourth-order valence-electron chi connectivity index (χ4n) is 4.36. The van der Waals surface area contributed by atoms with Crippen molar-refractivity contribution in [1.29, 1.82) is 0 Å². The maximum Gasteiger partial charge on any atom is 0.256 e. The summed E-state index contributed by atoms with van der Waals surface area (Å²) in [6, 6.07) is 11.9. The second kappa shape index (κ2) is 9.03. The summed E-state index contributed by atoms with van der Waals surface area (Å²) < 4.78 is 6.21. The Morgan fingerprint density at radius 2 is 1.93 bits per heavy atom. The molecule has 0 saturated carbocycles. The molecule has 2 saturated heterocycles. The van der Waals surface area contributed by atoms with E-state index in [1.165, 1.54) is 0 Å². The molecule has 29 heavy (non-hydrogen) atoms. The minimum absolute atomic E-state index is 0.00631. The predicted octanol–water partition coefficient (Wildman–Crippen LogP) is 2.43. The van der Waals surface area contributed by atoms with Crippen molar-refractivity contribution in [3.63, 3.8) is 0 Å². The highest BCUT2D eigenvalue weighted by molar-refractivity contribution is 5.95. The van der Waals surface area contributed by atoms with E-state index in [4.69, 9.17) is 4.74 Å². The van der Waals surface area contributed by atoms with Crippen LogP contribution in [0.2, 0.25) is 0 Å². The summed E-state index contributed by atoms with van der Waals surface area (Å²) in [5, 5.41) is 9.81. The Kier molecular flexibility index (Phi) is 6.23. The number of pyridine rings is 1. The molecule has 1 aromatic carbocycles. The van der Waals surface area contributed by atoms with Gasteiger partial charge in [0.1, 0.15) is 0 Å². The van der Waals surface area contributed by atoms with Crippen molar-refractivity contribution in [2.75, 3.05) is 32.8 Å². The van der Waals surface area contributed by atoms with Crippen LogP contribution < -0.4 is 0 Å². The number of carbonyl (C=O) groups is 1. The standard InChI is InChI=1S/C23H29N3O3/c1-17-7-10-24-15-20(17)23(28)26-13-14-29-21(16-25-11-8-19(27)9-12-25)22(26)18-5-3-2-4-6-18/h2-7,10,15,19,21-22,27H,8-9,11-14,16H2,1H3/t21-,22-/m0/s1. The summed E-state index contributed by atoms with van der Waals surface area (Å²) in [6.07, 6.45) is 4.65. The number of ether oxygens (including phenoxy) is 1. The SMILES string of the molecule is Cc1ccncc1C(=O)N1CCO[C@@H](CN2CCC(O)CC2)[C@@H]1c1ccccc1. The molecule has 6 heteroatoms. The lowest BCUT2D eigenvalue weighted by molar-refractivity contribution is -0.0770. The van der Waals surface area contributed by atoms with Crippen LogP contribution in [0.25, 0.3) is 0 Å². The monoisotopic (exact) mass is 395 g/mol. The number of benzene rings is 1. The molecule has 2 atom stereocenters. The number of likely N-dealkylation sites (tertiary alicyclic amines) is 1. The number of rotatable bonds is 4. The van der Waals surface area contributed by atoms with Gasteiger partial charge in [0.2, 0.25) is 0 Å². The Morgan fingerprint density at radius 1 is 1.17 bits per heavy atom. The van der Waals surface area contributed by atoms with Crippen LogP contribution in [0.4, 0.5) is 0 Å². The van der Waals surface area contributed by atoms with E-state index >= 15 is 0 Å². The van der Waals surface area contributed by atoms with Gasteiger partial charge in [-0.1, -0.05) is 30.3 Å². The molecule has 2 aromatic rings. The summed E-state index contributed by atoms with van der Waals surface area (Å²) in [7, 11) is 0. The van der Waals surface area contributed by atoms with Crippen molar-refractivity contribution < 1.29 is 14.6 Å². The molecule has 0 spiro atoms. The zero-order valence-electron chi connectivity index (χ0n) is 16.9. The molecule has 1 amide bonds. The van der Waals surface area contributed by atoms with Gasteiger partial charge in [-0.05, 0) is 37.0 Å². The summed E-state index contributed by atoms with van der Waals surface area (Å²) in [5.41, 5.74) is 2.67. The highest BCUT2D eigenvalue weighted by atomic mass is 16.5. The normalized spacial score (nSPS) is 23.9. The first-order valence-corrected chi connectivity index (χ1v) is 10.4. The van der Waals surface area contributed by atoms with Gasteiger partial charge in [0.05, 0.1) is 30.4 Å². The number of morpholine rings is 1. The largest absolute Gasteiger partial charge is 0.393 e. The molecule has 0 unspecified atom stereocenters. The first-order chi connectivity index (χ1) is 14.1. The lowest BCUT2D eigenvalue weighted by Gasteiger charge is -2.44. The summed E-state index contributed by atoms with van der Waals surface area (Å²) in [4.78, 5) is 21.9. The van der Waals surface area contributed by atoms with Crippen molar-refractivity contribution in [2.45, 2.75) is 38.0 Å². The van der Waals surface area contributed by atoms with E-state index in [1.807, 2.05) is 36.1 Å². The molecular formula is C23H29N3O3. The van der Waals surface area contributed by atoms with Crippen LogP contribution in [0.1, 0.15) is 40.4 Å². The fourth-order valence-corrected chi connectivity index (χ4v) is 4.36. The van der Waals surface area contributed by atoms with Crippen molar-refractivity contribution in [3.8, 4) is 0 Å². The Morgan fingerprint density at radius 3 is 2.66 bits per heavy atom. The Labute approximate surface area is 172 Å². The topological polar surface area (TPSA) is 65.9 Å². The van der Waals surface area contributed by atoms with Crippen molar-refractivity contribution in [2.24, 2.45) is 0 Å². The third kappa shape index (κ3) is 4.50. The molecule has 0 radical (unpaired) electrons. The van der Waals surface area contributed by atoms with Crippen LogP contribution >= 0.6 is 0 Å². The highest BCUT2D eigenvalue weighted by Crippen LogP contribution is 2.32. The van der Waals surface area contributed by atoms with Gasteiger partial charge in [0.25, 0.3) is 5.91 Å². The molecule has 154 valence electrons. The molecule has 1 N–H and O–H groups in total.